The van der Waals surface area contributed by atoms with E-state index < -0.39 is 0 Å². The Bertz CT molecular complexity index is 342. The molecule has 1 saturated heterocycles. The molecule has 3 fully saturated rings. The molecule has 3 rings (SSSR count). The molecule has 0 bridgehead atoms. The number of aliphatic hydroxyl groups is 2. The van der Waals surface area contributed by atoms with Crippen molar-refractivity contribution in [3.05, 3.63) is 0 Å². The summed E-state index contributed by atoms with van der Waals surface area (Å²) >= 11 is 0. The third kappa shape index (κ3) is 6.43. The lowest BCUT2D eigenvalue weighted by molar-refractivity contribution is -0.232. The van der Waals surface area contributed by atoms with E-state index in [4.69, 9.17) is 4.84 Å². The average Bonchev–Trinajstić information content (AvgIpc) is 3.00. The molecule has 142 valence electrons. The van der Waals surface area contributed by atoms with E-state index in [0.29, 0.717) is 5.92 Å². The third-order valence-electron chi connectivity index (χ3n) is 5.41. The molecular weight excluding hydrogens is 306 g/mol. The van der Waals surface area contributed by atoms with Crippen molar-refractivity contribution >= 4 is 6.29 Å². The molecule has 0 aromatic carbocycles. The summed E-state index contributed by atoms with van der Waals surface area (Å²) in [5.74, 6) is 0.559. The fraction of sp³-hybridized carbons (Fsp3) is 0.947. The van der Waals surface area contributed by atoms with Crippen LogP contribution in [0.1, 0.15) is 78.6 Å². The first-order chi connectivity index (χ1) is 11.1. The van der Waals surface area contributed by atoms with Crippen molar-refractivity contribution in [3.63, 3.8) is 0 Å². The normalized spacial score (nSPS) is 37.0. The fourth-order valence-corrected chi connectivity index (χ4v) is 3.70. The number of carbonyl (C=O) groups excluding carboxylic acids is 1. The van der Waals surface area contributed by atoms with E-state index in [1.165, 1.54) is 19.3 Å². The highest BCUT2D eigenvalue weighted by Crippen LogP contribution is 2.25. The maximum atomic E-state index is 10.8. The lowest BCUT2D eigenvalue weighted by Gasteiger charge is -2.32. The van der Waals surface area contributed by atoms with Crippen molar-refractivity contribution in [2.24, 2.45) is 5.92 Å². The Labute approximate surface area is 147 Å². The first-order valence-corrected chi connectivity index (χ1v) is 9.36. The van der Waals surface area contributed by atoms with Gasteiger partial charge in [-0.05, 0) is 44.4 Å². The lowest BCUT2D eigenvalue weighted by atomic mass is 9.88. The lowest BCUT2D eigenvalue weighted by Crippen LogP contribution is -2.41. The highest BCUT2D eigenvalue weighted by molar-refractivity contribution is 5.57. The van der Waals surface area contributed by atoms with Crippen LogP contribution in [0.4, 0.5) is 0 Å². The van der Waals surface area contributed by atoms with Crippen LogP contribution in [0.3, 0.4) is 0 Å². The van der Waals surface area contributed by atoms with Crippen LogP contribution in [0.15, 0.2) is 0 Å². The van der Waals surface area contributed by atoms with Crippen LogP contribution in [0, 0.1) is 5.92 Å². The standard InChI is InChI=1S/C11H19NO3.C7H14O.CH4/c13-8-9-4-3-7-12(9)15-11-6-2-1-5-10(11)14;1-6-4-2-3-5-7(6)8;/h8-11,14H,1-7H2;6-8H,2-5H2,1H3;1H4/t9-,10+,11-;6-,7+;/m00./s1. The van der Waals surface area contributed by atoms with Gasteiger partial charge in [0.05, 0.1) is 18.2 Å². The predicted molar refractivity (Wildman–Crippen MR) is 95.5 cm³/mol. The zero-order chi connectivity index (χ0) is 16.7. The monoisotopic (exact) mass is 343 g/mol. The molecule has 0 spiro atoms. The molecule has 5 atom stereocenters. The number of aliphatic hydroxyl groups excluding tert-OH is 2. The van der Waals surface area contributed by atoms with E-state index in [9.17, 15) is 15.0 Å². The molecule has 3 aliphatic rings. The number of hydroxylamine groups is 2. The summed E-state index contributed by atoms with van der Waals surface area (Å²) in [7, 11) is 0. The van der Waals surface area contributed by atoms with Gasteiger partial charge in [-0.3, -0.25) is 4.84 Å². The number of hydrogen-bond acceptors (Lipinski definition) is 5. The summed E-state index contributed by atoms with van der Waals surface area (Å²) in [6.45, 7) is 2.94. The van der Waals surface area contributed by atoms with Gasteiger partial charge >= 0.3 is 0 Å². The number of aldehydes is 1. The average molecular weight is 344 g/mol. The van der Waals surface area contributed by atoms with Crippen molar-refractivity contribution in [2.75, 3.05) is 6.54 Å². The second-order valence-electron chi connectivity index (χ2n) is 7.31. The highest BCUT2D eigenvalue weighted by Gasteiger charge is 2.31. The van der Waals surface area contributed by atoms with Gasteiger partial charge in [-0.2, -0.15) is 5.06 Å². The van der Waals surface area contributed by atoms with Gasteiger partial charge in [0, 0.05) is 6.54 Å². The van der Waals surface area contributed by atoms with E-state index in [1.807, 2.05) is 0 Å². The van der Waals surface area contributed by atoms with Crippen molar-refractivity contribution in [1.82, 2.24) is 5.06 Å². The van der Waals surface area contributed by atoms with Crippen molar-refractivity contribution < 1.29 is 19.8 Å². The summed E-state index contributed by atoms with van der Waals surface area (Å²) in [5, 5.41) is 20.7. The Morgan fingerprint density at radius 3 is 2.08 bits per heavy atom. The first-order valence-electron chi connectivity index (χ1n) is 9.36. The van der Waals surface area contributed by atoms with Crippen LogP contribution >= 0.6 is 0 Å². The van der Waals surface area contributed by atoms with Crippen LogP contribution in [-0.4, -0.2) is 52.5 Å². The van der Waals surface area contributed by atoms with E-state index in [0.717, 1.165) is 57.8 Å². The Morgan fingerprint density at radius 1 is 0.917 bits per heavy atom. The minimum absolute atomic E-state index is 0. The largest absolute Gasteiger partial charge is 0.393 e. The summed E-state index contributed by atoms with van der Waals surface area (Å²) in [4.78, 5) is 16.5. The maximum Gasteiger partial charge on any atom is 0.139 e. The number of carbonyl (C=O) groups is 1. The molecule has 24 heavy (non-hydrogen) atoms. The molecule has 2 N–H and O–H groups in total. The molecule has 0 aromatic heterocycles. The third-order valence-corrected chi connectivity index (χ3v) is 5.41. The molecule has 5 nitrogen and oxygen atoms in total. The Morgan fingerprint density at radius 2 is 1.54 bits per heavy atom. The van der Waals surface area contributed by atoms with E-state index in [1.54, 1.807) is 5.06 Å². The molecular formula is C19H37NO4. The predicted octanol–water partition coefficient (Wildman–Crippen LogP) is 3.08. The molecule has 0 aromatic rings. The molecule has 5 heteroatoms. The minimum atomic E-state index is -0.355. The van der Waals surface area contributed by atoms with Crippen LogP contribution in [-0.2, 0) is 9.63 Å². The van der Waals surface area contributed by atoms with Gasteiger partial charge in [0.1, 0.15) is 12.4 Å². The molecule has 0 unspecified atom stereocenters. The smallest absolute Gasteiger partial charge is 0.139 e. The Hall–Kier alpha value is -0.490. The number of rotatable bonds is 3. The first kappa shape index (κ1) is 21.6. The van der Waals surface area contributed by atoms with E-state index in [-0.39, 0.29) is 31.8 Å². The molecule has 2 saturated carbocycles. The summed E-state index contributed by atoms with van der Waals surface area (Å²) in [5.41, 5.74) is 0. The molecule has 1 aliphatic heterocycles. The van der Waals surface area contributed by atoms with Gasteiger partial charge in [-0.1, -0.05) is 40.0 Å². The number of hydrogen-bond donors (Lipinski definition) is 2. The minimum Gasteiger partial charge on any atom is -0.393 e. The zero-order valence-electron chi connectivity index (χ0n) is 14.4. The van der Waals surface area contributed by atoms with Gasteiger partial charge in [-0.15, -0.1) is 0 Å². The van der Waals surface area contributed by atoms with Gasteiger partial charge in [-0.25, -0.2) is 0 Å². The second-order valence-corrected chi connectivity index (χ2v) is 7.31. The molecule has 1 heterocycles. The maximum absolute atomic E-state index is 10.8. The van der Waals surface area contributed by atoms with Gasteiger partial charge in [0.15, 0.2) is 0 Å². The topological polar surface area (TPSA) is 70.0 Å². The quantitative estimate of drug-likeness (QED) is 0.771. The summed E-state index contributed by atoms with van der Waals surface area (Å²) in [6, 6.07) is -0.0980. The Kier molecular flexibility index (Phi) is 10.0. The SMILES string of the molecule is C.C[C@H]1CCCC[C@H]1O.O=C[C@@H]1CCCN1O[C@H]1CCCC[C@H]1O. The van der Waals surface area contributed by atoms with Gasteiger partial charge < -0.3 is 15.0 Å². The van der Waals surface area contributed by atoms with E-state index in [2.05, 4.69) is 6.92 Å². The zero-order valence-corrected chi connectivity index (χ0v) is 14.4. The highest BCUT2D eigenvalue weighted by atomic mass is 16.7. The second kappa shape index (κ2) is 11.2. The summed E-state index contributed by atoms with van der Waals surface area (Å²) < 4.78 is 0. The number of nitrogens with zero attached hydrogens (tertiary/aromatic N) is 1. The van der Waals surface area contributed by atoms with Crippen molar-refractivity contribution in [3.8, 4) is 0 Å². The van der Waals surface area contributed by atoms with Crippen LogP contribution < -0.4 is 0 Å². The van der Waals surface area contributed by atoms with Crippen molar-refractivity contribution in [2.45, 2.75) is 103 Å². The fourth-order valence-electron chi connectivity index (χ4n) is 3.70. The van der Waals surface area contributed by atoms with Crippen LogP contribution in [0.25, 0.3) is 0 Å². The van der Waals surface area contributed by atoms with E-state index >= 15 is 0 Å². The van der Waals surface area contributed by atoms with Gasteiger partial charge in [0.2, 0.25) is 0 Å². The Balaban J connectivity index is 0.000000273. The van der Waals surface area contributed by atoms with Crippen LogP contribution in [0.2, 0.25) is 0 Å². The van der Waals surface area contributed by atoms with Crippen molar-refractivity contribution in [1.29, 1.82) is 0 Å². The molecule has 2 aliphatic carbocycles. The van der Waals surface area contributed by atoms with Crippen LogP contribution in [0.5, 0.6) is 0 Å². The van der Waals surface area contributed by atoms with Gasteiger partial charge in [0.25, 0.3) is 0 Å². The molecule has 0 amide bonds. The summed E-state index contributed by atoms with van der Waals surface area (Å²) in [6.07, 6.45) is 11.1. The molecule has 0 radical (unpaired) electrons.